The highest BCUT2D eigenvalue weighted by atomic mass is 32.2. The average molecular weight is 284 g/mol. The Balaban J connectivity index is 2.31. The first kappa shape index (κ1) is 14.3. The minimum atomic E-state index is -3.45. The molecule has 1 aliphatic rings. The summed E-state index contributed by atoms with van der Waals surface area (Å²) in [6, 6.07) is 1.62. The van der Waals surface area contributed by atoms with Crippen molar-refractivity contribution in [1.82, 2.24) is 9.62 Å². The van der Waals surface area contributed by atoms with E-state index in [4.69, 9.17) is 4.42 Å². The third-order valence-electron chi connectivity index (χ3n) is 3.19. The molecule has 0 amide bonds. The van der Waals surface area contributed by atoms with Crippen molar-refractivity contribution in [2.24, 2.45) is 0 Å². The molecule has 0 fully saturated rings. The maximum absolute atomic E-state index is 12.6. The molecule has 1 N–H and O–H groups in total. The van der Waals surface area contributed by atoms with Crippen LogP contribution in [0.2, 0.25) is 0 Å². The maximum atomic E-state index is 12.6. The van der Waals surface area contributed by atoms with Gasteiger partial charge in [-0.2, -0.15) is 4.31 Å². The lowest BCUT2D eigenvalue weighted by Crippen LogP contribution is -2.35. The van der Waals surface area contributed by atoms with E-state index >= 15 is 0 Å². The van der Waals surface area contributed by atoms with Crippen LogP contribution in [0.5, 0.6) is 0 Å². The van der Waals surface area contributed by atoms with Crippen molar-refractivity contribution in [2.45, 2.75) is 31.7 Å². The molecule has 106 valence electrons. The van der Waals surface area contributed by atoms with Crippen molar-refractivity contribution in [3.05, 3.63) is 29.2 Å². The molecule has 0 spiro atoms. The predicted octanol–water partition coefficient (Wildman–Crippen LogP) is 1.65. The molecule has 0 bridgehead atoms. The van der Waals surface area contributed by atoms with Crippen molar-refractivity contribution in [2.75, 3.05) is 20.1 Å². The largest absolute Gasteiger partial charge is 0.464 e. The first-order valence-corrected chi connectivity index (χ1v) is 7.79. The van der Waals surface area contributed by atoms with Crippen molar-refractivity contribution < 1.29 is 12.8 Å². The quantitative estimate of drug-likeness (QED) is 0.854. The molecule has 6 heteroatoms. The Kier molecular flexibility index (Phi) is 4.13. The minimum absolute atomic E-state index is 0.285. The summed E-state index contributed by atoms with van der Waals surface area (Å²) in [4.78, 5) is 0.285. The van der Waals surface area contributed by atoms with Crippen LogP contribution >= 0.6 is 0 Å². The third-order valence-corrected chi connectivity index (χ3v) is 5.14. The Morgan fingerprint density at radius 2 is 2.16 bits per heavy atom. The van der Waals surface area contributed by atoms with Crippen LogP contribution < -0.4 is 5.32 Å². The molecule has 1 aromatic heterocycles. The van der Waals surface area contributed by atoms with Gasteiger partial charge in [0.05, 0.1) is 6.54 Å². The first-order chi connectivity index (χ1) is 8.95. The first-order valence-electron chi connectivity index (χ1n) is 6.35. The van der Waals surface area contributed by atoms with Gasteiger partial charge >= 0.3 is 0 Å². The zero-order valence-corrected chi connectivity index (χ0v) is 12.4. The van der Waals surface area contributed by atoms with Gasteiger partial charge in [0, 0.05) is 19.2 Å². The van der Waals surface area contributed by atoms with Crippen molar-refractivity contribution >= 4 is 10.0 Å². The van der Waals surface area contributed by atoms with Gasteiger partial charge in [0.2, 0.25) is 10.0 Å². The van der Waals surface area contributed by atoms with Gasteiger partial charge in [0.1, 0.15) is 16.4 Å². The van der Waals surface area contributed by atoms with Gasteiger partial charge in [-0.25, -0.2) is 8.42 Å². The van der Waals surface area contributed by atoms with E-state index in [0.717, 1.165) is 12.0 Å². The summed E-state index contributed by atoms with van der Waals surface area (Å²) in [7, 11) is -1.66. The zero-order valence-electron chi connectivity index (χ0n) is 11.6. The van der Waals surface area contributed by atoms with Crippen LogP contribution in [0.4, 0.5) is 0 Å². The fraction of sp³-hybridized carbons (Fsp3) is 0.538. The van der Waals surface area contributed by atoms with Gasteiger partial charge in [-0.1, -0.05) is 11.6 Å². The van der Waals surface area contributed by atoms with E-state index in [1.807, 2.05) is 6.92 Å². The molecule has 2 heterocycles. The number of hydrogen-bond donors (Lipinski definition) is 1. The Morgan fingerprint density at radius 1 is 1.42 bits per heavy atom. The summed E-state index contributed by atoms with van der Waals surface area (Å²) in [6.45, 7) is 5.17. The Morgan fingerprint density at radius 3 is 2.79 bits per heavy atom. The molecule has 1 aliphatic heterocycles. The number of aryl methyl sites for hydroxylation is 1. The lowest BCUT2D eigenvalue weighted by molar-refractivity contribution is 0.424. The molecule has 0 saturated heterocycles. The van der Waals surface area contributed by atoms with Crippen LogP contribution in [-0.4, -0.2) is 32.9 Å². The van der Waals surface area contributed by atoms with E-state index in [1.54, 1.807) is 20.0 Å². The van der Waals surface area contributed by atoms with Gasteiger partial charge in [-0.15, -0.1) is 0 Å². The number of rotatable bonds is 4. The molecule has 0 aliphatic carbocycles. The zero-order chi connectivity index (χ0) is 14.0. The van der Waals surface area contributed by atoms with E-state index in [1.165, 1.54) is 4.31 Å². The number of nitrogens with one attached hydrogen (secondary N) is 1. The number of hydrogen-bond acceptors (Lipinski definition) is 4. The third kappa shape index (κ3) is 2.91. The normalized spacial score (nSPS) is 17.5. The second kappa shape index (κ2) is 5.48. The molecular weight excluding hydrogens is 264 g/mol. The van der Waals surface area contributed by atoms with Gasteiger partial charge in [-0.05, 0) is 27.3 Å². The van der Waals surface area contributed by atoms with Gasteiger partial charge in [0.15, 0.2) is 0 Å². The van der Waals surface area contributed by atoms with Crippen LogP contribution in [0.15, 0.2) is 27.0 Å². The minimum Gasteiger partial charge on any atom is -0.464 e. The number of furan rings is 1. The summed E-state index contributed by atoms with van der Waals surface area (Å²) >= 11 is 0. The molecule has 19 heavy (non-hydrogen) atoms. The van der Waals surface area contributed by atoms with Gasteiger partial charge < -0.3 is 9.73 Å². The average Bonchev–Trinajstić information content (AvgIpc) is 2.71. The fourth-order valence-electron chi connectivity index (χ4n) is 2.26. The Bertz CT molecular complexity index is 587. The van der Waals surface area contributed by atoms with E-state index in [9.17, 15) is 8.42 Å². The second-order valence-electron chi connectivity index (χ2n) is 4.84. The van der Waals surface area contributed by atoms with Crippen molar-refractivity contribution in [3.63, 3.8) is 0 Å². The summed E-state index contributed by atoms with van der Waals surface area (Å²) in [5.74, 6) is 1.10. The van der Waals surface area contributed by atoms with Gasteiger partial charge in [0.25, 0.3) is 0 Å². The Hall–Kier alpha value is -1.11. The topological polar surface area (TPSA) is 62.6 Å². The van der Waals surface area contributed by atoms with Crippen molar-refractivity contribution in [3.8, 4) is 0 Å². The molecule has 1 aromatic rings. The maximum Gasteiger partial charge on any atom is 0.246 e. The summed E-state index contributed by atoms with van der Waals surface area (Å²) in [6.07, 6.45) is 2.85. The highest BCUT2D eigenvalue weighted by molar-refractivity contribution is 7.89. The molecule has 2 rings (SSSR count). The second-order valence-corrected chi connectivity index (χ2v) is 6.75. The fourth-order valence-corrected chi connectivity index (χ4v) is 3.95. The summed E-state index contributed by atoms with van der Waals surface area (Å²) in [5.41, 5.74) is 1.09. The van der Waals surface area contributed by atoms with E-state index < -0.39 is 10.0 Å². The molecule has 0 radical (unpaired) electrons. The highest BCUT2D eigenvalue weighted by Crippen LogP contribution is 2.25. The molecule has 5 nitrogen and oxygen atoms in total. The molecular formula is C13H20N2O3S. The van der Waals surface area contributed by atoms with E-state index in [2.05, 4.69) is 11.4 Å². The lowest BCUT2D eigenvalue weighted by Gasteiger charge is -2.25. The highest BCUT2D eigenvalue weighted by Gasteiger charge is 2.29. The van der Waals surface area contributed by atoms with Crippen LogP contribution in [0.1, 0.15) is 24.9 Å². The SMILES string of the molecule is CNCc1cc(S(=O)(=O)N2CCC=C(C)C2)c(C)o1. The number of sulfonamides is 1. The molecule has 0 aromatic carbocycles. The summed E-state index contributed by atoms with van der Waals surface area (Å²) < 4.78 is 32.2. The summed E-state index contributed by atoms with van der Waals surface area (Å²) in [5, 5.41) is 2.95. The van der Waals surface area contributed by atoms with Gasteiger partial charge in [-0.3, -0.25) is 0 Å². The van der Waals surface area contributed by atoms with Crippen LogP contribution in [0.3, 0.4) is 0 Å². The van der Waals surface area contributed by atoms with E-state index in [-0.39, 0.29) is 4.90 Å². The molecule has 0 saturated carbocycles. The van der Waals surface area contributed by atoms with Crippen LogP contribution in [0, 0.1) is 6.92 Å². The molecule has 0 unspecified atom stereocenters. The smallest absolute Gasteiger partial charge is 0.246 e. The standard InChI is InChI=1S/C13H20N2O3S/c1-10-5-4-6-15(9-10)19(16,17)13-7-12(8-14-3)18-11(13)2/h5,7,14H,4,6,8-9H2,1-3H3. The van der Waals surface area contributed by atoms with E-state index in [0.29, 0.717) is 31.2 Å². The lowest BCUT2D eigenvalue weighted by atomic mass is 10.2. The Labute approximate surface area is 114 Å². The van der Waals surface area contributed by atoms with Crippen LogP contribution in [0.25, 0.3) is 0 Å². The number of nitrogens with zero attached hydrogens (tertiary/aromatic N) is 1. The monoisotopic (exact) mass is 284 g/mol. The van der Waals surface area contributed by atoms with Crippen LogP contribution in [-0.2, 0) is 16.6 Å². The van der Waals surface area contributed by atoms with Crippen molar-refractivity contribution in [1.29, 1.82) is 0 Å². The molecule has 0 atom stereocenters. The predicted molar refractivity (Wildman–Crippen MR) is 73.3 cm³/mol.